The fourth-order valence-corrected chi connectivity index (χ4v) is 1.14. The number of ketones is 1. The summed E-state index contributed by atoms with van der Waals surface area (Å²) in [6.45, 7) is 1.37. The zero-order valence-electron chi connectivity index (χ0n) is 6.62. The van der Waals surface area contributed by atoms with E-state index in [-0.39, 0.29) is 5.78 Å². The maximum Gasteiger partial charge on any atom is 0.162 e. The van der Waals surface area contributed by atoms with E-state index in [2.05, 4.69) is 15.9 Å². The van der Waals surface area contributed by atoms with Crippen LogP contribution in [0.15, 0.2) is 28.7 Å². The molecule has 3 heteroatoms. The van der Waals surface area contributed by atoms with Gasteiger partial charge in [-0.05, 0) is 24.6 Å². The molecule has 1 N–H and O–H groups in total. The van der Waals surface area contributed by atoms with Crippen LogP contribution in [0.25, 0.3) is 0 Å². The number of aliphatic hydroxyl groups excluding tert-OH is 1. The summed E-state index contributed by atoms with van der Waals surface area (Å²) in [6, 6.07) is 7.02. The second kappa shape index (κ2) is 3.83. The van der Waals surface area contributed by atoms with Gasteiger partial charge < -0.3 is 5.11 Å². The van der Waals surface area contributed by atoms with Crippen molar-refractivity contribution in [2.24, 2.45) is 0 Å². The average molecular weight is 229 g/mol. The van der Waals surface area contributed by atoms with Gasteiger partial charge in [0.1, 0.15) is 6.10 Å². The van der Waals surface area contributed by atoms with E-state index in [1.54, 1.807) is 24.3 Å². The van der Waals surface area contributed by atoms with E-state index < -0.39 is 6.10 Å². The lowest BCUT2D eigenvalue weighted by atomic mass is 10.1. The summed E-state index contributed by atoms with van der Waals surface area (Å²) in [5.74, 6) is -0.239. The molecule has 0 fully saturated rings. The summed E-state index contributed by atoms with van der Waals surface area (Å²) in [6.07, 6.45) is -0.988. The molecule has 1 aromatic rings. The Hall–Kier alpha value is -0.670. The van der Waals surface area contributed by atoms with Crippen LogP contribution < -0.4 is 0 Å². The van der Waals surface area contributed by atoms with Crippen molar-refractivity contribution in [2.45, 2.75) is 13.0 Å². The van der Waals surface area contributed by atoms with E-state index in [0.29, 0.717) is 5.56 Å². The quantitative estimate of drug-likeness (QED) is 0.842. The molecule has 0 aliphatic rings. The molecule has 0 unspecified atom stereocenters. The van der Waals surface area contributed by atoms with Crippen molar-refractivity contribution in [3.8, 4) is 0 Å². The van der Waals surface area contributed by atoms with Gasteiger partial charge in [-0.15, -0.1) is 0 Å². The molecule has 0 radical (unpaired) electrons. The Kier molecular flexibility index (Phi) is 3.00. The van der Waals surface area contributed by atoms with Gasteiger partial charge in [-0.2, -0.15) is 0 Å². The van der Waals surface area contributed by atoms with Crippen molar-refractivity contribution in [1.82, 2.24) is 0 Å². The van der Waals surface area contributed by atoms with Crippen LogP contribution in [0.4, 0.5) is 0 Å². The SMILES string of the molecule is CC(=O)[C@H](O)c1ccc(Br)cc1. The molecule has 0 amide bonds. The topological polar surface area (TPSA) is 37.3 Å². The molecular formula is C9H9BrO2. The number of carbonyl (C=O) groups excluding carboxylic acids is 1. The molecule has 0 aromatic heterocycles. The Morgan fingerprint density at radius 2 is 1.92 bits per heavy atom. The van der Waals surface area contributed by atoms with E-state index in [1.165, 1.54) is 6.92 Å². The van der Waals surface area contributed by atoms with Crippen molar-refractivity contribution in [3.63, 3.8) is 0 Å². The summed E-state index contributed by atoms with van der Waals surface area (Å²) in [7, 11) is 0. The lowest BCUT2D eigenvalue weighted by Crippen LogP contribution is -2.06. The first-order valence-corrected chi connectivity index (χ1v) is 4.34. The van der Waals surface area contributed by atoms with Crippen LogP contribution in [0.3, 0.4) is 0 Å². The number of aliphatic hydroxyl groups is 1. The third-order valence-electron chi connectivity index (χ3n) is 1.57. The number of hydrogen-bond acceptors (Lipinski definition) is 2. The van der Waals surface area contributed by atoms with Crippen molar-refractivity contribution in [1.29, 1.82) is 0 Å². The highest BCUT2D eigenvalue weighted by molar-refractivity contribution is 9.10. The number of benzene rings is 1. The molecule has 1 aromatic carbocycles. The van der Waals surface area contributed by atoms with Gasteiger partial charge in [0.05, 0.1) is 0 Å². The average Bonchev–Trinajstić information content (AvgIpc) is 2.04. The molecule has 12 heavy (non-hydrogen) atoms. The van der Waals surface area contributed by atoms with E-state index >= 15 is 0 Å². The van der Waals surface area contributed by atoms with Gasteiger partial charge in [0.2, 0.25) is 0 Å². The van der Waals surface area contributed by atoms with Crippen molar-refractivity contribution >= 4 is 21.7 Å². The smallest absolute Gasteiger partial charge is 0.162 e. The Labute approximate surface area is 79.3 Å². The summed E-state index contributed by atoms with van der Waals surface area (Å²) in [5, 5.41) is 9.32. The Morgan fingerprint density at radius 3 is 2.33 bits per heavy atom. The Bertz CT molecular complexity index is 279. The van der Waals surface area contributed by atoms with Gasteiger partial charge in [-0.1, -0.05) is 28.1 Å². The molecule has 0 bridgehead atoms. The standard InChI is InChI=1S/C9H9BrO2/c1-6(11)9(12)7-2-4-8(10)5-3-7/h2-5,9,12H,1H3/t9-/m0/s1. The molecule has 0 saturated heterocycles. The Morgan fingerprint density at radius 1 is 1.42 bits per heavy atom. The first kappa shape index (κ1) is 9.42. The van der Waals surface area contributed by atoms with Crippen LogP contribution in [-0.4, -0.2) is 10.9 Å². The van der Waals surface area contributed by atoms with Crippen molar-refractivity contribution in [3.05, 3.63) is 34.3 Å². The number of rotatable bonds is 2. The zero-order chi connectivity index (χ0) is 9.14. The van der Waals surface area contributed by atoms with E-state index in [4.69, 9.17) is 0 Å². The van der Waals surface area contributed by atoms with Crippen molar-refractivity contribution < 1.29 is 9.90 Å². The highest BCUT2D eigenvalue weighted by Crippen LogP contribution is 2.16. The van der Waals surface area contributed by atoms with E-state index in [1.807, 2.05) is 0 Å². The van der Waals surface area contributed by atoms with Crippen LogP contribution in [-0.2, 0) is 4.79 Å². The maximum atomic E-state index is 10.8. The lowest BCUT2D eigenvalue weighted by Gasteiger charge is -2.05. The molecule has 1 atom stereocenters. The minimum absolute atomic E-state index is 0.239. The first-order chi connectivity index (χ1) is 5.61. The number of halogens is 1. The fourth-order valence-electron chi connectivity index (χ4n) is 0.880. The largest absolute Gasteiger partial charge is 0.381 e. The predicted octanol–water partition coefficient (Wildman–Crippen LogP) is 2.07. The zero-order valence-corrected chi connectivity index (χ0v) is 8.21. The Balaban J connectivity index is 2.89. The molecule has 0 aliphatic carbocycles. The van der Waals surface area contributed by atoms with Gasteiger partial charge in [0.15, 0.2) is 5.78 Å². The predicted molar refractivity (Wildman–Crippen MR) is 49.8 cm³/mol. The number of Topliss-reactive ketones (excluding diaryl/α,β-unsaturated/α-hetero) is 1. The number of hydrogen-bond donors (Lipinski definition) is 1. The third-order valence-corrected chi connectivity index (χ3v) is 2.10. The summed E-state index contributed by atoms with van der Waals surface area (Å²) >= 11 is 3.27. The van der Waals surface area contributed by atoms with Crippen LogP contribution in [0.2, 0.25) is 0 Å². The monoisotopic (exact) mass is 228 g/mol. The molecule has 0 spiro atoms. The minimum atomic E-state index is -0.988. The van der Waals surface area contributed by atoms with Gasteiger partial charge in [0, 0.05) is 4.47 Å². The van der Waals surface area contributed by atoms with Crippen LogP contribution >= 0.6 is 15.9 Å². The molecule has 0 aliphatic heterocycles. The highest BCUT2D eigenvalue weighted by Gasteiger charge is 2.11. The van der Waals surface area contributed by atoms with E-state index in [9.17, 15) is 9.90 Å². The van der Waals surface area contributed by atoms with Gasteiger partial charge in [0.25, 0.3) is 0 Å². The van der Waals surface area contributed by atoms with Gasteiger partial charge in [-0.3, -0.25) is 4.79 Å². The van der Waals surface area contributed by atoms with Crippen LogP contribution in [0.1, 0.15) is 18.6 Å². The molecular weight excluding hydrogens is 220 g/mol. The molecule has 0 saturated carbocycles. The van der Waals surface area contributed by atoms with Crippen molar-refractivity contribution in [2.75, 3.05) is 0 Å². The lowest BCUT2D eigenvalue weighted by molar-refractivity contribution is -0.125. The second-order valence-corrected chi connectivity index (χ2v) is 3.48. The molecule has 64 valence electrons. The second-order valence-electron chi connectivity index (χ2n) is 2.56. The molecule has 2 nitrogen and oxygen atoms in total. The summed E-state index contributed by atoms with van der Waals surface area (Å²) in [4.78, 5) is 10.8. The summed E-state index contributed by atoms with van der Waals surface area (Å²) < 4.78 is 0.932. The highest BCUT2D eigenvalue weighted by atomic mass is 79.9. The number of carbonyl (C=O) groups is 1. The molecule has 1 rings (SSSR count). The van der Waals surface area contributed by atoms with E-state index in [0.717, 1.165) is 4.47 Å². The molecule has 0 heterocycles. The fraction of sp³-hybridized carbons (Fsp3) is 0.222. The van der Waals surface area contributed by atoms with Gasteiger partial charge >= 0.3 is 0 Å². The van der Waals surface area contributed by atoms with Gasteiger partial charge in [-0.25, -0.2) is 0 Å². The minimum Gasteiger partial charge on any atom is -0.381 e. The summed E-state index contributed by atoms with van der Waals surface area (Å²) in [5.41, 5.74) is 0.630. The first-order valence-electron chi connectivity index (χ1n) is 3.55. The van der Waals surface area contributed by atoms with Crippen LogP contribution in [0, 0.1) is 0 Å². The normalized spacial score (nSPS) is 12.6. The maximum absolute atomic E-state index is 10.8. The van der Waals surface area contributed by atoms with Crippen LogP contribution in [0.5, 0.6) is 0 Å². The third kappa shape index (κ3) is 2.16.